The number of rotatable bonds is 4. The molecule has 1 aliphatic heterocycles. The molecule has 0 aromatic heterocycles. The van der Waals surface area contributed by atoms with Crippen LogP contribution >= 0.6 is 0 Å². The van der Waals surface area contributed by atoms with Crippen molar-refractivity contribution in [1.82, 2.24) is 8.61 Å². The molecular weight excluding hydrogens is 410 g/mol. The van der Waals surface area contributed by atoms with Crippen molar-refractivity contribution >= 4 is 20.0 Å². The van der Waals surface area contributed by atoms with Crippen LogP contribution in [0.2, 0.25) is 0 Å². The SMILES string of the molecule is Cc1ccc(S(=O)(=O)N2CCN(S(=O)(=O)c3ccc(F)cc3F)CC2)cc1C. The van der Waals surface area contributed by atoms with E-state index in [1.54, 1.807) is 12.1 Å². The lowest BCUT2D eigenvalue weighted by atomic mass is 10.1. The summed E-state index contributed by atoms with van der Waals surface area (Å²) in [7, 11) is -7.95. The molecule has 152 valence electrons. The van der Waals surface area contributed by atoms with Crippen LogP contribution in [0.1, 0.15) is 11.1 Å². The van der Waals surface area contributed by atoms with Crippen molar-refractivity contribution < 1.29 is 25.6 Å². The highest BCUT2D eigenvalue weighted by atomic mass is 32.2. The van der Waals surface area contributed by atoms with Crippen LogP contribution in [0.4, 0.5) is 8.78 Å². The van der Waals surface area contributed by atoms with Crippen molar-refractivity contribution in [2.24, 2.45) is 0 Å². The third-order valence-electron chi connectivity index (χ3n) is 4.83. The number of hydrogen-bond acceptors (Lipinski definition) is 4. The number of hydrogen-bond donors (Lipinski definition) is 0. The Bertz CT molecular complexity index is 1110. The Morgan fingerprint density at radius 1 is 0.750 bits per heavy atom. The highest BCUT2D eigenvalue weighted by Crippen LogP contribution is 2.24. The Labute approximate surface area is 163 Å². The van der Waals surface area contributed by atoms with Crippen LogP contribution in [0.5, 0.6) is 0 Å². The van der Waals surface area contributed by atoms with Gasteiger partial charge in [-0.15, -0.1) is 0 Å². The van der Waals surface area contributed by atoms with Crippen LogP contribution in [0, 0.1) is 25.5 Å². The molecule has 1 heterocycles. The average molecular weight is 430 g/mol. The third-order valence-corrected chi connectivity index (χ3v) is 8.65. The lowest BCUT2D eigenvalue weighted by molar-refractivity contribution is 0.272. The maximum atomic E-state index is 13.9. The second kappa shape index (κ2) is 7.51. The molecule has 0 unspecified atom stereocenters. The first-order valence-corrected chi connectivity index (χ1v) is 11.4. The summed E-state index contributed by atoms with van der Waals surface area (Å²) in [4.78, 5) is -0.476. The molecule has 0 saturated carbocycles. The van der Waals surface area contributed by atoms with Crippen molar-refractivity contribution in [2.75, 3.05) is 26.2 Å². The molecule has 1 saturated heterocycles. The fraction of sp³-hybridized carbons (Fsp3) is 0.333. The minimum Gasteiger partial charge on any atom is -0.207 e. The standard InChI is InChI=1S/C18H20F2N2O4S2/c1-13-3-5-16(11-14(13)2)27(23,24)21-7-9-22(10-8-21)28(25,26)18-6-4-15(19)12-17(18)20/h3-6,11-12H,7-10H2,1-2H3. The average Bonchev–Trinajstić information content (AvgIpc) is 2.63. The second-order valence-electron chi connectivity index (χ2n) is 6.63. The van der Waals surface area contributed by atoms with E-state index in [1.807, 2.05) is 13.8 Å². The predicted octanol–water partition coefficient (Wildman–Crippen LogP) is 2.28. The molecule has 6 nitrogen and oxygen atoms in total. The summed E-state index contributed by atoms with van der Waals surface area (Å²) in [5, 5.41) is 0. The van der Waals surface area contributed by atoms with E-state index in [0.717, 1.165) is 27.6 Å². The van der Waals surface area contributed by atoms with E-state index in [2.05, 4.69) is 0 Å². The number of sulfonamides is 2. The van der Waals surface area contributed by atoms with Crippen LogP contribution < -0.4 is 0 Å². The number of benzene rings is 2. The van der Waals surface area contributed by atoms with E-state index in [-0.39, 0.29) is 31.1 Å². The molecule has 10 heteroatoms. The summed E-state index contributed by atoms with van der Waals surface area (Å²) in [5.74, 6) is -2.05. The summed E-state index contributed by atoms with van der Waals surface area (Å²) < 4.78 is 80.1. The minimum absolute atomic E-state index is 0.0582. The summed E-state index contributed by atoms with van der Waals surface area (Å²) >= 11 is 0. The van der Waals surface area contributed by atoms with E-state index >= 15 is 0 Å². The molecule has 1 fully saturated rings. The van der Waals surface area contributed by atoms with Crippen molar-refractivity contribution in [2.45, 2.75) is 23.6 Å². The molecule has 0 radical (unpaired) electrons. The molecule has 0 N–H and O–H groups in total. The van der Waals surface area contributed by atoms with Gasteiger partial charge in [0.25, 0.3) is 0 Å². The van der Waals surface area contributed by atoms with E-state index in [9.17, 15) is 25.6 Å². The molecule has 0 aliphatic carbocycles. The molecule has 0 atom stereocenters. The maximum Gasteiger partial charge on any atom is 0.246 e. The summed E-state index contributed by atoms with van der Waals surface area (Å²) in [6.07, 6.45) is 0. The topological polar surface area (TPSA) is 74.8 Å². The highest BCUT2D eigenvalue weighted by Gasteiger charge is 2.35. The van der Waals surface area contributed by atoms with E-state index in [0.29, 0.717) is 6.07 Å². The van der Waals surface area contributed by atoms with Gasteiger partial charge in [0.1, 0.15) is 16.5 Å². The van der Waals surface area contributed by atoms with Gasteiger partial charge in [0, 0.05) is 32.2 Å². The zero-order chi connectivity index (χ0) is 20.7. The van der Waals surface area contributed by atoms with Crippen LogP contribution in [0.15, 0.2) is 46.2 Å². The molecular formula is C18H20F2N2O4S2. The monoisotopic (exact) mass is 430 g/mol. The van der Waals surface area contributed by atoms with Gasteiger partial charge in [-0.2, -0.15) is 8.61 Å². The Kier molecular flexibility index (Phi) is 5.59. The molecule has 0 amide bonds. The molecule has 2 aromatic rings. The lowest BCUT2D eigenvalue weighted by Gasteiger charge is -2.33. The van der Waals surface area contributed by atoms with E-state index < -0.39 is 36.6 Å². The second-order valence-corrected chi connectivity index (χ2v) is 10.5. The first-order valence-electron chi connectivity index (χ1n) is 8.56. The van der Waals surface area contributed by atoms with Crippen LogP contribution in [0.3, 0.4) is 0 Å². The zero-order valence-corrected chi connectivity index (χ0v) is 17.0. The van der Waals surface area contributed by atoms with Crippen LogP contribution in [-0.2, 0) is 20.0 Å². The minimum atomic E-state index is -4.19. The number of nitrogens with zero attached hydrogens (tertiary/aromatic N) is 2. The quantitative estimate of drug-likeness (QED) is 0.746. The Morgan fingerprint density at radius 3 is 1.86 bits per heavy atom. The largest absolute Gasteiger partial charge is 0.246 e. The van der Waals surface area contributed by atoms with Crippen molar-refractivity contribution in [3.05, 3.63) is 59.2 Å². The van der Waals surface area contributed by atoms with Crippen LogP contribution in [-0.4, -0.2) is 51.6 Å². The Hall–Kier alpha value is -1.88. The van der Waals surface area contributed by atoms with E-state index in [1.165, 1.54) is 10.4 Å². The van der Waals surface area contributed by atoms with Gasteiger partial charge in [0.05, 0.1) is 4.90 Å². The fourth-order valence-corrected chi connectivity index (χ4v) is 5.97. The Balaban J connectivity index is 1.79. The van der Waals surface area contributed by atoms with Gasteiger partial charge in [-0.3, -0.25) is 0 Å². The van der Waals surface area contributed by atoms with Gasteiger partial charge in [0.15, 0.2) is 0 Å². The smallest absolute Gasteiger partial charge is 0.207 e. The summed E-state index contributed by atoms with van der Waals surface area (Å²) in [6.45, 7) is 3.33. The molecule has 0 spiro atoms. The first kappa shape index (κ1) is 20.8. The van der Waals surface area contributed by atoms with Gasteiger partial charge in [-0.05, 0) is 49.2 Å². The normalized spacial score (nSPS) is 17.0. The first-order chi connectivity index (χ1) is 13.0. The van der Waals surface area contributed by atoms with Crippen LogP contribution in [0.25, 0.3) is 0 Å². The maximum absolute atomic E-state index is 13.9. The third kappa shape index (κ3) is 3.82. The lowest BCUT2D eigenvalue weighted by Crippen LogP contribution is -2.50. The van der Waals surface area contributed by atoms with Crippen molar-refractivity contribution in [1.29, 1.82) is 0 Å². The van der Waals surface area contributed by atoms with Gasteiger partial charge >= 0.3 is 0 Å². The van der Waals surface area contributed by atoms with Crippen molar-refractivity contribution in [3.8, 4) is 0 Å². The zero-order valence-electron chi connectivity index (χ0n) is 15.4. The number of piperazine rings is 1. The molecule has 0 bridgehead atoms. The predicted molar refractivity (Wildman–Crippen MR) is 99.8 cm³/mol. The number of halogens is 2. The van der Waals surface area contributed by atoms with Gasteiger partial charge in [-0.1, -0.05) is 6.07 Å². The molecule has 28 heavy (non-hydrogen) atoms. The Morgan fingerprint density at radius 2 is 1.32 bits per heavy atom. The molecule has 1 aliphatic rings. The highest BCUT2D eigenvalue weighted by molar-refractivity contribution is 7.89. The van der Waals surface area contributed by atoms with Gasteiger partial charge < -0.3 is 0 Å². The fourth-order valence-electron chi connectivity index (χ4n) is 3.00. The molecule has 2 aromatic carbocycles. The number of aryl methyl sites for hydroxylation is 2. The van der Waals surface area contributed by atoms with Crippen molar-refractivity contribution in [3.63, 3.8) is 0 Å². The molecule has 3 rings (SSSR count). The van der Waals surface area contributed by atoms with E-state index in [4.69, 9.17) is 0 Å². The summed E-state index contributed by atoms with van der Waals surface area (Å²) in [6, 6.07) is 7.08. The van der Waals surface area contributed by atoms with Gasteiger partial charge in [-0.25, -0.2) is 25.6 Å². The summed E-state index contributed by atoms with van der Waals surface area (Å²) in [5.41, 5.74) is 1.81. The van der Waals surface area contributed by atoms with Gasteiger partial charge in [0.2, 0.25) is 20.0 Å².